The number of halogens is 1. The molecule has 5 aromatic rings. The fraction of sp³-hybridized carbons (Fsp3) is 0. The minimum atomic E-state index is -4.94. The smallest absolute Gasteiger partial charge is 0.867 e. The van der Waals surface area contributed by atoms with E-state index in [1.54, 1.807) is 60.9 Å². The molecule has 0 aliphatic carbocycles. The quantitative estimate of drug-likeness (QED) is 0.270. The van der Waals surface area contributed by atoms with Crippen LogP contribution in [0.2, 0.25) is 0 Å². The van der Waals surface area contributed by atoms with E-state index in [1.165, 1.54) is 0 Å². The van der Waals surface area contributed by atoms with Gasteiger partial charge >= 0.3 is 17.1 Å². The number of benzene rings is 2. The minimum Gasteiger partial charge on any atom is -0.867 e. The Bertz CT molecular complexity index is 1370. The van der Waals surface area contributed by atoms with E-state index in [9.17, 15) is 9.90 Å². The maximum Gasteiger partial charge on any atom is 2.00 e. The molecule has 0 unspecified atom stereocenters. The van der Waals surface area contributed by atoms with Crippen molar-refractivity contribution in [2.24, 2.45) is 0 Å². The van der Waals surface area contributed by atoms with Crippen LogP contribution in [0.1, 0.15) is 0 Å². The van der Waals surface area contributed by atoms with Crippen LogP contribution in [-0.4, -0.2) is 9.97 Å². The van der Waals surface area contributed by atoms with E-state index < -0.39 is 21.4 Å². The van der Waals surface area contributed by atoms with Crippen molar-refractivity contribution < 1.29 is 55.5 Å². The molecule has 0 aliphatic heterocycles. The molecule has 11 heteroatoms. The summed E-state index contributed by atoms with van der Waals surface area (Å²) < 4.78 is 39.5. The second-order valence-electron chi connectivity index (χ2n) is 6.76. The van der Waals surface area contributed by atoms with Gasteiger partial charge in [-0.15, -0.1) is 10.2 Å². The minimum absolute atomic E-state index is 0. The van der Waals surface area contributed by atoms with Crippen LogP contribution in [0.4, 0.5) is 0 Å². The molecular weight excluding hydrogens is 539 g/mol. The molecule has 9 nitrogen and oxygen atoms in total. The fourth-order valence-electron chi connectivity index (χ4n) is 2.93. The monoisotopic (exact) mass is 555 g/mol. The van der Waals surface area contributed by atoms with Crippen molar-refractivity contribution in [2.75, 3.05) is 0 Å². The first kappa shape index (κ1) is 28.6. The Kier molecular flexibility index (Phi) is 10.7. The molecule has 5 rings (SSSR count). The second kappa shape index (κ2) is 13.5. The normalized spacial score (nSPS) is 10.2. The molecule has 2 aromatic carbocycles. The van der Waals surface area contributed by atoms with Crippen LogP contribution < -0.4 is 29.2 Å². The Hall–Kier alpha value is -3.60. The molecule has 1 radical (unpaired) electrons. The third-order valence-electron chi connectivity index (χ3n) is 4.38. The number of pyridine rings is 2. The van der Waals surface area contributed by atoms with Gasteiger partial charge < -0.3 is 9.52 Å². The van der Waals surface area contributed by atoms with Gasteiger partial charge in [-0.05, 0) is 42.1 Å². The van der Waals surface area contributed by atoms with Crippen molar-refractivity contribution in [3.8, 4) is 28.5 Å². The molecule has 3 heterocycles. The van der Waals surface area contributed by atoms with Crippen LogP contribution in [0.3, 0.4) is 0 Å². The Balaban J connectivity index is 0.000000220. The van der Waals surface area contributed by atoms with Gasteiger partial charge in [0.05, 0.1) is 16.8 Å². The number of hydrogen-bond acceptors (Lipinski definition) is 9. The summed E-state index contributed by atoms with van der Waals surface area (Å²) in [7, 11) is -4.94. The van der Waals surface area contributed by atoms with Gasteiger partial charge in [0, 0.05) is 18.0 Å². The van der Waals surface area contributed by atoms with E-state index in [2.05, 4.69) is 9.97 Å². The van der Waals surface area contributed by atoms with Crippen molar-refractivity contribution in [3.05, 3.63) is 114 Å². The Morgan fingerprint density at radius 1 is 0.667 bits per heavy atom. The van der Waals surface area contributed by atoms with Crippen LogP contribution >= 0.6 is 0 Å². The zero-order chi connectivity index (χ0) is 25.3. The number of para-hydroxylation sites is 1. The third kappa shape index (κ3) is 8.56. The van der Waals surface area contributed by atoms with Crippen LogP contribution in [-0.2, 0) is 17.1 Å². The zero-order valence-corrected chi connectivity index (χ0v) is 19.9. The number of fused-ring (bicyclic) bond motifs is 1. The van der Waals surface area contributed by atoms with Crippen LogP contribution in [0.5, 0.6) is 5.75 Å². The summed E-state index contributed by atoms with van der Waals surface area (Å²) in [5.41, 5.74) is 2.36. The predicted molar refractivity (Wildman–Crippen MR) is 115 cm³/mol. The van der Waals surface area contributed by atoms with Gasteiger partial charge in [0.2, 0.25) is 0 Å². The van der Waals surface area contributed by atoms with Gasteiger partial charge in [-0.3, -0.25) is 14.8 Å². The Morgan fingerprint density at radius 2 is 1.14 bits per heavy atom. The van der Waals surface area contributed by atoms with Crippen LogP contribution in [0, 0.1) is 10.2 Å². The first-order valence-electron chi connectivity index (χ1n) is 9.96. The average molecular weight is 556 g/mol. The molecule has 0 bridgehead atoms. The fourth-order valence-corrected chi connectivity index (χ4v) is 2.93. The van der Waals surface area contributed by atoms with E-state index >= 15 is 0 Å². The number of nitrogens with zero attached hydrogens (tertiary/aromatic N) is 2. The van der Waals surface area contributed by atoms with Crippen molar-refractivity contribution >= 4 is 11.0 Å². The predicted octanol–water partition coefficient (Wildman–Crippen LogP) is -0.0813. The summed E-state index contributed by atoms with van der Waals surface area (Å²) in [5.74, 6) is -0.501. The average Bonchev–Trinajstić information content (AvgIpc) is 2.87. The van der Waals surface area contributed by atoms with Crippen LogP contribution in [0.25, 0.3) is 33.7 Å². The molecule has 0 atom stereocenters. The van der Waals surface area contributed by atoms with Crippen molar-refractivity contribution in [1.82, 2.24) is 9.97 Å². The molecule has 3 aromatic heterocycles. The molecule has 0 aliphatic rings. The van der Waals surface area contributed by atoms with Gasteiger partial charge in [0.25, 0.3) is 0 Å². The van der Waals surface area contributed by atoms with Crippen molar-refractivity contribution in [3.63, 3.8) is 0 Å². The SMILES string of the molecule is O=c1c([O-])c(-c2ccccc2)oc2ccccc12.[Cu+2].[O-][Cl+3]([O-])([O-])[O-].c1ccc(-c2ccccn2)nc1. The molecular formula is C25H17ClCuN2O7. The number of hydrogen-bond donors (Lipinski definition) is 0. The molecule has 0 N–H and O–H groups in total. The van der Waals surface area contributed by atoms with Gasteiger partial charge in [-0.1, -0.05) is 54.6 Å². The van der Waals surface area contributed by atoms with Crippen molar-refractivity contribution in [1.29, 1.82) is 0 Å². The standard InChI is InChI=1S/C15H10O3.C10H8N2.ClHO4.Cu/c16-13-11-8-4-5-9-12(11)18-15(14(13)17)10-6-2-1-3-7-10;1-3-7-11-9(5-1)10-6-2-4-8-12-10;2-1(3,4)5;/h1-9,17H;1-8H;(H,2,3,4,5);/q;;;+2/p-2. The molecule has 0 spiro atoms. The Morgan fingerprint density at radius 3 is 1.64 bits per heavy atom. The molecule has 36 heavy (non-hydrogen) atoms. The van der Waals surface area contributed by atoms with Crippen LogP contribution in [0.15, 0.2) is 113 Å². The second-order valence-corrected chi connectivity index (χ2v) is 7.52. The molecule has 0 saturated carbocycles. The van der Waals surface area contributed by atoms with Gasteiger partial charge in [-0.25, -0.2) is 18.6 Å². The van der Waals surface area contributed by atoms with E-state index in [1.807, 2.05) is 42.5 Å². The first-order chi connectivity index (χ1) is 16.7. The largest absolute Gasteiger partial charge is 2.00 e. The molecule has 0 fully saturated rings. The summed E-state index contributed by atoms with van der Waals surface area (Å²) in [6, 6.07) is 27.3. The van der Waals surface area contributed by atoms with E-state index in [-0.39, 0.29) is 22.8 Å². The maximum absolute atomic E-state index is 12.0. The summed E-state index contributed by atoms with van der Waals surface area (Å²) in [4.78, 5) is 20.3. The van der Waals surface area contributed by atoms with Gasteiger partial charge in [0.1, 0.15) is 11.3 Å². The molecule has 0 saturated heterocycles. The molecule has 0 amide bonds. The van der Waals surface area contributed by atoms with E-state index in [0.29, 0.717) is 16.5 Å². The topological polar surface area (TPSA) is 171 Å². The van der Waals surface area contributed by atoms with Gasteiger partial charge in [0.15, 0.2) is 5.43 Å². The van der Waals surface area contributed by atoms with Gasteiger partial charge in [-0.2, -0.15) is 0 Å². The molecule has 187 valence electrons. The van der Waals surface area contributed by atoms with E-state index in [4.69, 9.17) is 23.1 Å². The summed E-state index contributed by atoms with van der Waals surface area (Å²) >= 11 is 0. The number of aromatic nitrogens is 2. The Labute approximate surface area is 218 Å². The van der Waals surface area contributed by atoms with E-state index in [0.717, 1.165) is 11.4 Å². The summed E-state index contributed by atoms with van der Waals surface area (Å²) in [5, 5.41) is 12.3. The third-order valence-corrected chi connectivity index (χ3v) is 4.38. The van der Waals surface area contributed by atoms with Crippen molar-refractivity contribution in [2.45, 2.75) is 0 Å². The zero-order valence-electron chi connectivity index (χ0n) is 18.2. The maximum atomic E-state index is 12.0. The summed E-state index contributed by atoms with van der Waals surface area (Å²) in [6.07, 6.45) is 3.54. The first-order valence-corrected chi connectivity index (χ1v) is 11.2. The summed E-state index contributed by atoms with van der Waals surface area (Å²) in [6.45, 7) is 0. The number of rotatable bonds is 2.